The highest BCUT2D eigenvalue weighted by Gasteiger charge is 2.20. The van der Waals surface area contributed by atoms with Gasteiger partial charge in [-0.25, -0.2) is 0 Å². The number of amides is 1. The Morgan fingerprint density at radius 1 is 1.09 bits per heavy atom. The molecule has 0 spiro atoms. The number of nitrogen functional groups attached to an aromatic ring is 1. The van der Waals surface area contributed by atoms with Gasteiger partial charge in [-0.3, -0.25) is 4.79 Å². The van der Waals surface area contributed by atoms with E-state index in [0.29, 0.717) is 16.3 Å². The monoisotopic (exact) mass is 323 g/mol. The van der Waals surface area contributed by atoms with Crippen LogP contribution in [0.2, 0.25) is 0 Å². The van der Waals surface area contributed by atoms with Crippen LogP contribution >= 0.6 is 11.5 Å². The lowest BCUT2D eigenvalue weighted by Gasteiger charge is -2.13. The minimum atomic E-state index is -0.196. The van der Waals surface area contributed by atoms with Gasteiger partial charge in [0.15, 0.2) is 0 Å². The van der Waals surface area contributed by atoms with Gasteiger partial charge in [0, 0.05) is 5.56 Å². The Hall–Kier alpha value is -2.66. The lowest BCUT2D eigenvalue weighted by Crippen LogP contribution is -2.26. The van der Waals surface area contributed by atoms with Crippen LogP contribution in [-0.2, 0) is 0 Å². The lowest BCUT2D eigenvalue weighted by atomic mass is 10.1. The maximum Gasteiger partial charge on any atom is 0.265 e. The zero-order valence-corrected chi connectivity index (χ0v) is 13.5. The lowest BCUT2D eigenvalue weighted by molar-refractivity contribution is 0.0945. The second-order valence-corrected chi connectivity index (χ2v) is 6.02. The van der Waals surface area contributed by atoms with Gasteiger partial charge in [0.2, 0.25) is 0 Å². The fourth-order valence-electron chi connectivity index (χ4n) is 2.35. The number of benzene rings is 2. The highest BCUT2D eigenvalue weighted by Crippen LogP contribution is 2.30. The molecule has 0 fully saturated rings. The normalized spacial score (nSPS) is 11.9. The quantitative estimate of drug-likeness (QED) is 0.765. The van der Waals surface area contributed by atoms with Crippen molar-refractivity contribution in [3.63, 3.8) is 0 Å². The number of nitrogens with two attached hydrogens (primary N) is 1. The molecule has 1 amide bonds. The standard InChI is InChI=1S/C18H17N3OS/c1-12(13-8-4-2-5-9-13)20-18(22)17-15(19)16(21-23-17)14-10-6-3-7-11-14/h2-12H,19H2,1H3,(H,20,22)/t12-/m0/s1. The summed E-state index contributed by atoms with van der Waals surface area (Å²) in [7, 11) is 0. The maximum absolute atomic E-state index is 12.5. The van der Waals surface area contributed by atoms with Gasteiger partial charge >= 0.3 is 0 Å². The summed E-state index contributed by atoms with van der Waals surface area (Å²) in [5.41, 5.74) is 9.19. The van der Waals surface area contributed by atoms with Crippen LogP contribution in [0.4, 0.5) is 5.69 Å². The number of nitrogens with zero attached hydrogens (tertiary/aromatic N) is 1. The van der Waals surface area contributed by atoms with Gasteiger partial charge in [-0.15, -0.1) is 0 Å². The van der Waals surface area contributed by atoms with E-state index in [-0.39, 0.29) is 11.9 Å². The largest absolute Gasteiger partial charge is 0.396 e. The molecule has 3 N–H and O–H groups in total. The average Bonchev–Trinajstić information content (AvgIpc) is 2.98. The molecule has 0 saturated heterocycles. The first kappa shape index (κ1) is 15.2. The molecule has 23 heavy (non-hydrogen) atoms. The number of carbonyl (C=O) groups excluding carboxylic acids is 1. The summed E-state index contributed by atoms with van der Waals surface area (Å²) < 4.78 is 4.34. The first-order valence-corrected chi connectivity index (χ1v) is 8.10. The third kappa shape index (κ3) is 3.24. The average molecular weight is 323 g/mol. The van der Waals surface area contributed by atoms with Crippen molar-refractivity contribution in [1.82, 2.24) is 9.69 Å². The maximum atomic E-state index is 12.5. The Bertz CT molecular complexity index is 800. The van der Waals surface area contributed by atoms with Gasteiger partial charge in [-0.2, -0.15) is 4.37 Å². The van der Waals surface area contributed by atoms with Crippen LogP contribution < -0.4 is 11.1 Å². The molecule has 116 valence electrons. The summed E-state index contributed by atoms with van der Waals surface area (Å²) in [4.78, 5) is 12.9. The van der Waals surface area contributed by atoms with Crippen LogP contribution in [0.25, 0.3) is 11.3 Å². The van der Waals surface area contributed by atoms with Crippen LogP contribution in [0.3, 0.4) is 0 Å². The molecule has 0 bridgehead atoms. The molecular weight excluding hydrogens is 306 g/mol. The van der Waals surface area contributed by atoms with Crippen molar-refractivity contribution in [3.05, 3.63) is 71.1 Å². The number of anilines is 1. The van der Waals surface area contributed by atoms with Gasteiger partial charge < -0.3 is 11.1 Å². The molecule has 0 unspecified atom stereocenters. The molecule has 2 aromatic carbocycles. The Morgan fingerprint density at radius 2 is 1.70 bits per heavy atom. The van der Waals surface area contributed by atoms with E-state index in [2.05, 4.69) is 9.69 Å². The smallest absolute Gasteiger partial charge is 0.265 e. The minimum Gasteiger partial charge on any atom is -0.396 e. The zero-order chi connectivity index (χ0) is 16.2. The molecule has 1 atom stereocenters. The van der Waals surface area contributed by atoms with Crippen molar-refractivity contribution in [2.45, 2.75) is 13.0 Å². The highest BCUT2D eigenvalue weighted by molar-refractivity contribution is 7.09. The zero-order valence-electron chi connectivity index (χ0n) is 12.7. The Morgan fingerprint density at radius 3 is 2.35 bits per heavy atom. The highest BCUT2D eigenvalue weighted by atomic mass is 32.1. The Balaban J connectivity index is 1.80. The summed E-state index contributed by atoms with van der Waals surface area (Å²) in [6, 6.07) is 19.4. The molecule has 3 aromatic rings. The number of hydrogen-bond acceptors (Lipinski definition) is 4. The van der Waals surface area contributed by atoms with Crippen molar-refractivity contribution in [2.75, 3.05) is 5.73 Å². The molecule has 4 nitrogen and oxygen atoms in total. The summed E-state index contributed by atoms with van der Waals surface area (Å²) in [6.07, 6.45) is 0. The van der Waals surface area contributed by atoms with Gasteiger partial charge in [-0.1, -0.05) is 60.7 Å². The van der Waals surface area contributed by atoms with Crippen molar-refractivity contribution >= 4 is 23.1 Å². The van der Waals surface area contributed by atoms with E-state index >= 15 is 0 Å². The van der Waals surface area contributed by atoms with Crippen LogP contribution in [0.15, 0.2) is 60.7 Å². The molecule has 0 aliphatic heterocycles. The Kier molecular flexibility index (Phi) is 4.39. The van der Waals surface area contributed by atoms with Crippen LogP contribution in [-0.4, -0.2) is 10.3 Å². The topological polar surface area (TPSA) is 68.0 Å². The SMILES string of the molecule is C[C@H](NC(=O)c1snc(-c2ccccc2)c1N)c1ccccc1. The van der Waals surface area contributed by atoms with E-state index in [1.807, 2.05) is 67.6 Å². The molecule has 5 heteroatoms. The van der Waals surface area contributed by atoms with Crippen LogP contribution in [0.5, 0.6) is 0 Å². The van der Waals surface area contributed by atoms with E-state index in [0.717, 1.165) is 22.7 Å². The van der Waals surface area contributed by atoms with Gasteiger partial charge in [0.05, 0.1) is 11.7 Å². The summed E-state index contributed by atoms with van der Waals surface area (Å²) in [5.74, 6) is -0.196. The number of hydrogen-bond donors (Lipinski definition) is 2. The van der Waals surface area contributed by atoms with E-state index < -0.39 is 0 Å². The molecule has 3 rings (SSSR count). The fraction of sp³-hybridized carbons (Fsp3) is 0.111. The molecule has 0 saturated carbocycles. The first-order chi connectivity index (χ1) is 11.2. The second-order valence-electron chi connectivity index (χ2n) is 5.25. The minimum absolute atomic E-state index is 0.0922. The van der Waals surface area contributed by atoms with Gasteiger partial charge in [-0.05, 0) is 24.0 Å². The predicted octanol–water partition coefficient (Wildman–Crippen LogP) is 3.88. The van der Waals surface area contributed by atoms with E-state index in [1.165, 1.54) is 0 Å². The van der Waals surface area contributed by atoms with Gasteiger partial charge in [0.1, 0.15) is 10.6 Å². The van der Waals surface area contributed by atoms with E-state index in [4.69, 9.17) is 5.73 Å². The molecule has 1 aromatic heterocycles. The van der Waals surface area contributed by atoms with E-state index in [9.17, 15) is 4.79 Å². The third-order valence-corrected chi connectivity index (χ3v) is 4.49. The molecule has 0 aliphatic rings. The van der Waals surface area contributed by atoms with Crippen molar-refractivity contribution in [1.29, 1.82) is 0 Å². The third-order valence-electron chi connectivity index (χ3n) is 3.63. The van der Waals surface area contributed by atoms with Crippen molar-refractivity contribution in [2.24, 2.45) is 0 Å². The van der Waals surface area contributed by atoms with Crippen LogP contribution in [0.1, 0.15) is 28.2 Å². The van der Waals surface area contributed by atoms with Crippen LogP contribution in [0, 0.1) is 0 Å². The molecule has 1 heterocycles. The molecule has 0 radical (unpaired) electrons. The number of rotatable bonds is 4. The Labute approximate surface area is 139 Å². The van der Waals surface area contributed by atoms with Gasteiger partial charge in [0.25, 0.3) is 5.91 Å². The van der Waals surface area contributed by atoms with E-state index in [1.54, 1.807) is 0 Å². The molecular formula is C18H17N3OS. The summed E-state index contributed by atoms with van der Waals surface area (Å²) in [6.45, 7) is 1.95. The number of carbonyl (C=O) groups is 1. The number of nitrogens with one attached hydrogen (secondary N) is 1. The first-order valence-electron chi connectivity index (χ1n) is 7.33. The summed E-state index contributed by atoms with van der Waals surface area (Å²) >= 11 is 1.13. The molecule has 0 aliphatic carbocycles. The van der Waals surface area contributed by atoms with Crippen molar-refractivity contribution in [3.8, 4) is 11.3 Å². The predicted molar refractivity (Wildman–Crippen MR) is 94.3 cm³/mol. The second kappa shape index (κ2) is 6.62. The fourth-order valence-corrected chi connectivity index (χ4v) is 3.08. The van der Waals surface area contributed by atoms with Crippen molar-refractivity contribution < 1.29 is 4.79 Å². The summed E-state index contributed by atoms with van der Waals surface area (Å²) in [5, 5.41) is 2.97. The number of aromatic nitrogens is 1.